The monoisotopic (exact) mass is 313 g/mol. The van der Waals surface area contributed by atoms with Gasteiger partial charge >= 0.3 is 0 Å². The predicted octanol–water partition coefficient (Wildman–Crippen LogP) is 3.82. The SMILES string of the molecule is CCCCCCC(O)C(CN)c1ccccc1Br. The van der Waals surface area contributed by atoms with E-state index >= 15 is 0 Å². The number of rotatable bonds is 8. The van der Waals surface area contributed by atoms with Crippen LogP contribution in [0.15, 0.2) is 28.7 Å². The molecule has 0 aliphatic rings. The van der Waals surface area contributed by atoms with Crippen LogP contribution in [0, 0.1) is 0 Å². The molecule has 0 spiro atoms. The van der Waals surface area contributed by atoms with Crippen LogP contribution in [-0.2, 0) is 0 Å². The summed E-state index contributed by atoms with van der Waals surface area (Å²) in [4.78, 5) is 0. The average molecular weight is 314 g/mol. The van der Waals surface area contributed by atoms with Gasteiger partial charge in [0.25, 0.3) is 0 Å². The Morgan fingerprint density at radius 2 is 1.94 bits per heavy atom. The van der Waals surface area contributed by atoms with E-state index in [2.05, 4.69) is 22.9 Å². The number of halogens is 1. The first kappa shape index (κ1) is 15.7. The summed E-state index contributed by atoms with van der Waals surface area (Å²) in [7, 11) is 0. The third-order valence-electron chi connectivity index (χ3n) is 3.38. The standard InChI is InChI=1S/C15H24BrNO/c1-2-3-4-5-10-15(18)13(11-17)12-8-6-7-9-14(12)16/h6-9,13,15,18H,2-5,10-11,17H2,1H3. The van der Waals surface area contributed by atoms with Crippen molar-refractivity contribution in [1.29, 1.82) is 0 Å². The highest BCUT2D eigenvalue weighted by Crippen LogP contribution is 2.28. The molecule has 1 aromatic rings. The van der Waals surface area contributed by atoms with Gasteiger partial charge in [0.1, 0.15) is 0 Å². The smallest absolute Gasteiger partial charge is 0.0621 e. The quantitative estimate of drug-likeness (QED) is 0.717. The van der Waals surface area contributed by atoms with Gasteiger partial charge in [-0.2, -0.15) is 0 Å². The molecule has 2 unspecified atom stereocenters. The molecule has 0 aromatic heterocycles. The van der Waals surface area contributed by atoms with Gasteiger partial charge in [-0.15, -0.1) is 0 Å². The fourth-order valence-corrected chi connectivity index (χ4v) is 2.83. The van der Waals surface area contributed by atoms with Crippen LogP contribution in [0.1, 0.15) is 50.5 Å². The molecular formula is C15H24BrNO. The molecule has 3 heteroatoms. The second-order valence-electron chi connectivity index (χ2n) is 4.78. The van der Waals surface area contributed by atoms with E-state index in [4.69, 9.17) is 5.73 Å². The summed E-state index contributed by atoms with van der Waals surface area (Å²) in [6.45, 7) is 2.68. The highest BCUT2D eigenvalue weighted by Gasteiger charge is 2.21. The topological polar surface area (TPSA) is 46.2 Å². The zero-order valence-electron chi connectivity index (χ0n) is 11.1. The number of hydrogen-bond donors (Lipinski definition) is 2. The summed E-state index contributed by atoms with van der Waals surface area (Å²) in [5, 5.41) is 10.3. The van der Waals surface area contributed by atoms with Gasteiger partial charge in [0, 0.05) is 16.9 Å². The van der Waals surface area contributed by atoms with Crippen molar-refractivity contribution in [3.63, 3.8) is 0 Å². The van der Waals surface area contributed by atoms with Crippen LogP contribution >= 0.6 is 15.9 Å². The molecule has 0 saturated heterocycles. The van der Waals surface area contributed by atoms with Crippen molar-refractivity contribution in [2.24, 2.45) is 5.73 Å². The van der Waals surface area contributed by atoms with E-state index < -0.39 is 0 Å². The van der Waals surface area contributed by atoms with Crippen molar-refractivity contribution in [2.45, 2.75) is 51.0 Å². The normalized spacial score (nSPS) is 14.4. The number of aliphatic hydroxyl groups is 1. The van der Waals surface area contributed by atoms with Crippen LogP contribution in [0.5, 0.6) is 0 Å². The van der Waals surface area contributed by atoms with Gasteiger partial charge < -0.3 is 10.8 Å². The zero-order valence-corrected chi connectivity index (χ0v) is 12.7. The van der Waals surface area contributed by atoms with Crippen LogP contribution in [0.2, 0.25) is 0 Å². The summed E-state index contributed by atoms with van der Waals surface area (Å²) < 4.78 is 1.04. The predicted molar refractivity (Wildman–Crippen MR) is 80.7 cm³/mol. The van der Waals surface area contributed by atoms with Gasteiger partial charge in [0.2, 0.25) is 0 Å². The minimum absolute atomic E-state index is 0.0298. The molecule has 0 bridgehead atoms. The molecule has 0 radical (unpaired) electrons. The molecule has 3 N–H and O–H groups in total. The number of aliphatic hydroxyl groups excluding tert-OH is 1. The van der Waals surface area contributed by atoms with E-state index in [0.29, 0.717) is 6.54 Å². The second kappa shape index (κ2) is 8.68. The van der Waals surface area contributed by atoms with Gasteiger partial charge in [0.15, 0.2) is 0 Å². The van der Waals surface area contributed by atoms with Gasteiger partial charge in [-0.3, -0.25) is 0 Å². The lowest BCUT2D eigenvalue weighted by Gasteiger charge is -2.23. The van der Waals surface area contributed by atoms with E-state index in [1.54, 1.807) is 0 Å². The van der Waals surface area contributed by atoms with Gasteiger partial charge in [0.05, 0.1) is 6.10 Å². The van der Waals surface area contributed by atoms with Crippen molar-refractivity contribution in [1.82, 2.24) is 0 Å². The number of hydrogen-bond acceptors (Lipinski definition) is 2. The molecule has 2 atom stereocenters. The van der Waals surface area contributed by atoms with Crippen molar-refractivity contribution in [3.8, 4) is 0 Å². The molecule has 1 aromatic carbocycles. The van der Waals surface area contributed by atoms with Crippen LogP contribution in [0.25, 0.3) is 0 Å². The van der Waals surface area contributed by atoms with Crippen molar-refractivity contribution < 1.29 is 5.11 Å². The minimum atomic E-state index is -0.342. The molecule has 102 valence electrons. The summed E-state index contributed by atoms with van der Waals surface area (Å²) in [6.07, 6.45) is 5.24. The van der Waals surface area contributed by atoms with Gasteiger partial charge in [-0.05, 0) is 18.1 Å². The molecule has 0 amide bonds. The summed E-state index contributed by atoms with van der Waals surface area (Å²) in [6, 6.07) is 8.01. The van der Waals surface area contributed by atoms with Gasteiger partial charge in [-0.1, -0.05) is 66.7 Å². The minimum Gasteiger partial charge on any atom is -0.392 e. The Morgan fingerprint density at radius 3 is 2.56 bits per heavy atom. The Bertz CT molecular complexity index is 343. The molecule has 0 fully saturated rings. The fourth-order valence-electron chi connectivity index (χ4n) is 2.25. The molecule has 1 rings (SSSR count). The van der Waals surface area contributed by atoms with E-state index in [1.165, 1.54) is 19.3 Å². The highest BCUT2D eigenvalue weighted by atomic mass is 79.9. The Balaban J connectivity index is 2.57. The number of nitrogens with two attached hydrogens (primary N) is 1. The Labute approximate surface area is 119 Å². The highest BCUT2D eigenvalue weighted by molar-refractivity contribution is 9.10. The van der Waals surface area contributed by atoms with Crippen LogP contribution in [0.3, 0.4) is 0 Å². The maximum absolute atomic E-state index is 10.3. The molecule has 0 heterocycles. The van der Waals surface area contributed by atoms with Crippen LogP contribution < -0.4 is 5.73 Å². The van der Waals surface area contributed by atoms with Crippen molar-refractivity contribution in [2.75, 3.05) is 6.54 Å². The lowest BCUT2D eigenvalue weighted by atomic mass is 9.90. The molecule has 2 nitrogen and oxygen atoms in total. The first-order chi connectivity index (χ1) is 8.70. The largest absolute Gasteiger partial charge is 0.392 e. The van der Waals surface area contributed by atoms with Crippen molar-refractivity contribution >= 4 is 15.9 Å². The van der Waals surface area contributed by atoms with E-state index in [9.17, 15) is 5.11 Å². The molecular weight excluding hydrogens is 290 g/mol. The lowest BCUT2D eigenvalue weighted by molar-refractivity contribution is 0.132. The van der Waals surface area contributed by atoms with E-state index in [1.807, 2.05) is 24.3 Å². The fraction of sp³-hybridized carbons (Fsp3) is 0.600. The Morgan fingerprint density at radius 1 is 1.22 bits per heavy atom. The Hall–Kier alpha value is -0.380. The maximum atomic E-state index is 10.3. The third-order valence-corrected chi connectivity index (χ3v) is 4.10. The average Bonchev–Trinajstić information content (AvgIpc) is 2.38. The Kier molecular flexibility index (Phi) is 7.56. The first-order valence-electron chi connectivity index (χ1n) is 6.83. The number of benzene rings is 1. The number of unbranched alkanes of at least 4 members (excludes halogenated alkanes) is 3. The molecule has 0 aliphatic carbocycles. The van der Waals surface area contributed by atoms with Crippen molar-refractivity contribution in [3.05, 3.63) is 34.3 Å². The second-order valence-corrected chi connectivity index (χ2v) is 5.63. The summed E-state index contributed by atoms with van der Waals surface area (Å²) in [5.41, 5.74) is 6.94. The van der Waals surface area contributed by atoms with E-state index in [0.717, 1.165) is 22.9 Å². The van der Waals surface area contributed by atoms with Crippen LogP contribution in [0.4, 0.5) is 0 Å². The summed E-state index contributed by atoms with van der Waals surface area (Å²) >= 11 is 3.53. The van der Waals surface area contributed by atoms with Crippen LogP contribution in [-0.4, -0.2) is 17.8 Å². The maximum Gasteiger partial charge on any atom is 0.0621 e. The third kappa shape index (κ3) is 4.71. The zero-order chi connectivity index (χ0) is 13.4. The molecule has 0 aliphatic heterocycles. The molecule has 0 saturated carbocycles. The van der Waals surface area contributed by atoms with E-state index in [-0.39, 0.29) is 12.0 Å². The lowest BCUT2D eigenvalue weighted by Crippen LogP contribution is -2.26. The summed E-state index contributed by atoms with van der Waals surface area (Å²) in [5.74, 6) is 0.0298. The first-order valence-corrected chi connectivity index (χ1v) is 7.62. The van der Waals surface area contributed by atoms with Gasteiger partial charge in [-0.25, -0.2) is 0 Å². The molecule has 18 heavy (non-hydrogen) atoms.